The lowest BCUT2D eigenvalue weighted by molar-refractivity contribution is -0.121. The van der Waals surface area contributed by atoms with E-state index in [2.05, 4.69) is 12.2 Å². The Labute approximate surface area is 97.0 Å². The second kappa shape index (κ2) is 5.75. The van der Waals surface area contributed by atoms with Crippen molar-refractivity contribution in [1.82, 2.24) is 9.03 Å². The van der Waals surface area contributed by atoms with Crippen LogP contribution in [0, 0.1) is 0 Å². The lowest BCUT2D eigenvalue weighted by Gasteiger charge is -2.20. The van der Waals surface area contributed by atoms with Crippen molar-refractivity contribution in [2.24, 2.45) is 5.73 Å². The molecule has 0 saturated carbocycles. The summed E-state index contributed by atoms with van der Waals surface area (Å²) in [6.45, 7) is -0.474. The van der Waals surface area contributed by atoms with Crippen molar-refractivity contribution >= 4 is 27.4 Å². The number of alkyl halides is 3. The van der Waals surface area contributed by atoms with Gasteiger partial charge in [0.05, 0.1) is 11.5 Å². The molecule has 16 heavy (non-hydrogen) atoms. The number of nitrogens with one attached hydrogen (secondary N) is 1. The van der Waals surface area contributed by atoms with Crippen LogP contribution in [0.15, 0.2) is 0 Å². The van der Waals surface area contributed by atoms with E-state index in [-0.39, 0.29) is 18.1 Å². The van der Waals surface area contributed by atoms with E-state index in [4.69, 9.17) is 5.73 Å². The molecule has 0 fully saturated rings. The van der Waals surface area contributed by atoms with Crippen molar-refractivity contribution in [2.75, 3.05) is 19.6 Å². The van der Waals surface area contributed by atoms with Gasteiger partial charge in [0.15, 0.2) is 0 Å². The molecule has 0 aromatic heterocycles. The molecule has 96 valence electrons. The second-order valence-corrected chi connectivity index (χ2v) is 5.11. The predicted molar refractivity (Wildman–Crippen MR) is 57.0 cm³/mol. The molecule has 10 heteroatoms. The van der Waals surface area contributed by atoms with Gasteiger partial charge in [-0.1, -0.05) is 19.1 Å². The minimum absolute atomic E-state index is 0.0233. The van der Waals surface area contributed by atoms with Crippen LogP contribution in [0.5, 0.6) is 0 Å². The molecule has 0 aromatic carbocycles. The Balaban J connectivity index is 4.56. The zero-order valence-electron chi connectivity index (χ0n) is 8.41. The lowest BCUT2D eigenvalue weighted by atomic mass is 10.6. The van der Waals surface area contributed by atoms with E-state index in [0.717, 1.165) is 4.31 Å². The first-order valence-electron chi connectivity index (χ1n) is 4.18. The van der Waals surface area contributed by atoms with Gasteiger partial charge >= 0.3 is 6.18 Å². The number of hydrogen-bond donors (Lipinski definition) is 2. The summed E-state index contributed by atoms with van der Waals surface area (Å²) in [6, 6.07) is 0. The van der Waals surface area contributed by atoms with Crippen molar-refractivity contribution in [3.8, 4) is 0 Å². The van der Waals surface area contributed by atoms with E-state index in [9.17, 15) is 21.6 Å². The Morgan fingerprint density at radius 1 is 1.50 bits per heavy atom. The molecular weight excluding hydrogens is 267 g/mol. The van der Waals surface area contributed by atoms with E-state index >= 15 is 0 Å². The molecule has 0 amide bonds. The molecule has 0 unspecified atom stereocenters. The van der Waals surface area contributed by atoms with Crippen molar-refractivity contribution in [3.05, 3.63) is 0 Å². The largest absolute Gasteiger partial charge is 0.402 e. The number of halogens is 3. The average Bonchev–Trinajstić information content (AvgIpc) is 2.09. The Morgan fingerprint density at radius 2 is 2.00 bits per heavy atom. The molecule has 0 spiro atoms. The van der Waals surface area contributed by atoms with E-state index in [1.165, 1.54) is 11.6 Å². The molecule has 0 bridgehead atoms. The first kappa shape index (κ1) is 15.6. The van der Waals surface area contributed by atoms with Crippen molar-refractivity contribution in [3.63, 3.8) is 0 Å². The summed E-state index contributed by atoms with van der Waals surface area (Å²) >= 11 is 4.49. The average molecular weight is 279 g/mol. The zero-order chi connectivity index (χ0) is 13.0. The Hall–Kier alpha value is -0.450. The fraction of sp³-hybridized carbons (Fsp3) is 0.833. The molecule has 0 atom stereocenters. The van der Waals surface area contributed by atoms with Gasteiger partial charge in [0.25, 0.3) is 10.2 Å². The topological polar surface area (TPSA) is 75.4 Å². The van der Waals surface area contributed by atoms with E-state index in [0.29, 0.717) is 0 Å². The van der Waals surface area contributed by atoms with Crippen LogP contribution in [-0.4, -0.2) is 43.5 Å². The van der Waals surface area contributed by atoms with E-state index in [1.54, 1.807) is 0 Å². The molecule has 0 saturated heterocycles. The fourth-order valence-corrected chi connectivity index (χ4v) is 2.22. The van der Waals surface area contributed by atoms with Gasteiger partial charge in [-0.15, -0.1) is 0 Å². The van der Waals surface area contributed by atoms with Gasteiger partial charge in [-0.2, -0.15) is 30.6 Å². The SMILES string of the molecule is CCN(CC(N)=S)S(=O)(=O)NCC(F)(F)F. The van der Waals surface area contributed by atoms with Crippen molar-refractivity contribution in [1.29, 1.82) is 0 Å². The molecule has 0 aromatic rings. The second-order valence-electron chi connectivity index (χ2n) is 2.83. The summed E-state index contributed by atoms with van der Waals surface area (Å²) in [4.78, 5) is -0.112. The van der Waals surface area contributed by atoms with Crippen LogP contribution >= 0.6 is 12.2 Å². The highest BCUT2D eigenvalue weighted by atomic mass is 32.2. The van der Waals surface area contributed by atoms with Gasteiger partial charge in [0.2, 0.25) is 0 Å². The van der Waals surface area contributed by atoms with Gasteiger partial charge in [-0.05, 0) is 0 Å². The maximum Gasteiger partial charge on any atom is 0.402 e. The van der Waals surface area contributed by atoms with Gasteiger partial charge in [0, 0.05) is 6.54 Å². The van der Waals surface area contributed by atoms with E-state index in [1.807, 2.05) is 0 Å². The van der Waals surface area contributed by atoms with Crippen LogP contribution < -0.4 is 10.5 Å². The molecule has 0 heterocycles. The highest BCUT2D eigenvalue weighted by Crippen LogP contribution is 2.13. The van der Waals surface area contributed by atoms with Gasteiger partial charge in [0.1, 0.15) is 6.54 Å². The Kier molecular flexibility index (Phi) is 5.59. The number of hydrogen-bond acceptors (Lipinski definition) is 3. The molecule has 5 nitrogen and oxygen atoms in total. The normalized spacial score (nSPS) is 13.1. The highest BCUT2D eigenvalue weighted by molar-refractivity contribution is 7.87. The maximum absolute atomic E-state index is 11.8. The third kappa shape index (κ3) is 6.20. The summed E-state index contributed by atoms with van der Waals surface area (Å²) in [5, 5.41) is 0. The number of nitrogens with zero attached hydrogens (tertiary/aromatic N) is 1. The number of rotatable bonds is 6. The molecular formula is C6H12F3N3O2S2. The molecule has 0 aliphatic carbocycles. The fourth-order valence-electron chi connectivity index (χ4n) is 0.805. The van der Waals surface area contributed by atoms with Crippen LogP contribution in [0.2, 0.25) is 0 Å². The standard InChI is InChI=1S/C6H12F3N3O2S2/c1-2-12(3-5(10)15)16(13,14)11-4-6(7,8)9/h11H,2-4H2,1H3,(H2,10,15). The van der Waals surface area contributed by atoms with E-state index < -0.39 is 22.9 Å². The van der Waals surface area contributed by atoms with Crippen LogP contribution in [-0.2, 0) is 10.2 Å². The quantitative estimate of drug-likeness (QED) is 0.671. The van der Waals surface area contributed by atoms with Gasteiger partial charge in [-0.25, -0.2) is 0 Å². The minimum Gasteiger partial charge on any atom is -0.392 e. The van der Waals surface area contributed by atoms with Crippen LogP contribution in [0.1, 0.15) is 6.92 Å². The first-order valence-corrected chi connectivity index (χ1v) is 6.03. The third-order valence-corrected chi connectivity index (χ3v) is 3.19. The summed E-state index contributed by atoms with van der Waals surface area (Å²) < 4.78 is 60.3. The zero-order valence-corrected chi connectivity index (χ0v) is 10.0. The molecule has 0 aliphatic rings. The number of likely N-dealkylation sites (N-methyl/N-ethyl adjacent to an activating group) is 1. The Morgan fingerprint density at radius 3 is 2.31 bits per heavy atom. The van der Waals surface area contributed by atoms with Crippen molar-refractivity contribution in [2.45, 2.75) is 13.1 Å². The molecule has 3 N–H and O–H groups in total. The molecule has 0 radical (unpaired) electrons. The maximum atomic E-state index is 11.8. The summed E-state index contributed by atoms with van der Waals surface area (Å²) in [6.07, 6.45) is -4.60. The van der Waals surface area contributed by atoms with Gasteiger partial charge in [-0.3, -0.25) is 0 Å². The summed E-state index contributed by atoms with van der Waals surface area (Å²) in [5.74, 6) is 0. The van der Waals surface area contributed by atoms with Crippen LogP contribution in [0.3, 0.4) is 0 Å². The highest BCUT2D eigenvalue weighted by Gasteiger charge is 2.31. The third-order valence-electron chi connectivity index (χ3n) is 1.48. The van der Waals surface area contributed by atoms with Crippen LogP contribution in [0.4, 0.5) is 13.2 Å². The number of nitrogens with two attached hydrogens (primary N) is 1. The summed E-state index contributed by atoms with van der Waals surface area (Å²) in [5.41, 5.74) is 5.12. The Bertz CT molecular complexity index is 341. The minimum atomic E-state index is -4.60. The molecule has 0 aliphatic heterocycles. The van der Waals surface area contributed by atoms with Crippen LogP contribution in [0.25, 0.3) is 0 Å². The predicted octanol–water partition coefficient (Wildman–Crippen LogP) is -0.00890. The molecule has 0 rings (SSSR count). The lowest BCUT2D eigenvalue weighted by Crippen LogP contribution is -2.46. The smallest absolute Gasteiger partial charge is 0.392 e. The summed E-state index contributed by atoms with van der Waals surface area (Å²) in [7, 11) is -4.20. The monoisotopic (exact) mass is 279 g/mol. The number of thiocarbonyl (C=S) groups is 1. The van der Waals surface area contributed by atoms with Crippen molar-refractivity contribution < 1.29 is 21.6 Å². The first-order chi connectivity index (χ1) is 7.08. The van der Waals surface area contributed by atoms with Gasteiger partial charge < -0.3 is 5.73 Å².